The summed E-state index contributed by atoms with van der Waals surface area (Å²) in [5, 5.41) is 0. The summed E-state index contributed by atoms with van der Waals surface area (Å²) < 4.78 is 4.84. The Hall–Kier alpha value is -1.68. The quantitative estimate of drug-likeness (QED) is 0.423. The molecule has 0 aliphatic rings. The number of carbonyl (C=O) groups is 2. The number of hydrogen-bond donors (Lipinski definition) is 0. The van der Waals surface area contributed by atoms with Crippen molar-refractivity contribution < 1.29 is 14.3 Å². The minimum atomic E-state index is -0.838. The number of rotatable bonds is 6. The van der Waals surface area contributed by atoms with Gasteiger partial charge in [-0.2, -0.15) is 0 Å². The minimum absolute atomic E-state index is 0.280. The number of aldehydes is 1. The van der Waals surface area contributed by atoms with Crippen LogP contribution in [-0.4, -0.2) is 36.9 Å². The molecular weight excluding hydrogens is 218 g/mol. The van der Waals surface area contributed by atoms with Crippen molar-refractivity contribution in [1.29, 1.82) is 0 Å². The first kappa shape index (κ1) is 13.4. The zero-order chi connectivity index (χ0) is 12.7. The first-order valence-electron chi connectivity index (χ1n) is 5.55. The zero-order valence-corrected chi connectivity index (χ0v) is 10.1. The highest BCUT2D eigenvalue weighted by Crippen LogP contribution is 2.06. The van der Waals surface area contributed by atoms with Gasteiger partial charge in [0.2, 0.25) is 0 Å². The van der Waals surface area contributed by atoms with E-state index in [0.717, 1.165) is 5.56 Å². The van der Waals surface area contributed by atoms with E-state index >= 15 is 0 Å². The maximum Gasteiger partial charge on any atom is 0.330 e. The van der Waals surface area contributed by atoms with Crippen LogP contribution in [0.3, 0.4) is 0 Å². The molecule has 0 aromatic heterocycles. The van der Waals surface area contributed by atoms with Gasteiger partial charge in [0.25, 0.3) is 0 Å². The molecule has 4 nitrogen and oxygen atoms in total. The standard InChI is InChI=1S/C13H17NO3/c1-3-17-13(16)12(10-15)14(2)9-11-7-5-4-6-8-11/h4-8,10,12H,3,9H2,1-2H3. The lowest BCUT2D eigenvalue weighted by Gasteiger charge is -2.21. The molecule has 0 bridgehead atoms. The third-order valence-electron chi connectivity index (χ3n) is 2.41. The molecule has 17 heavy (non-hydrogen) atoms. The van der Waals surface area contributed by atoms with E-state index < -0.39 is 12.0 Å². The van der Waals surface area contributed by atoms with Crippen LogP contribution in [0.4, 0.5) is 0 Å². The van der Waals surface area contributed by atoms with Gasteiger partial charge in [0.15, 0.2) is 6.04 Å². The molecule has 0 amide bonds. The molecule has 0 aliphatic carbocycles. The van der Waals surface area contributed by atoms with Crippen LogP contribution in [0.25, 0.3) is 0 Å². The number of hydrogen-bond acceptors (Lipinski definition) is 4. The number of carbonyl (C=O) groups excluding carboxylic acids is 2. The molecule has 0 N–H and O–H groups in total. The average Bonchev–Trinajstić information content (AvgIpc) is 2.31. The number of ether oxygens (including phenoxy) is 1. The second-order valence-electron chi connectivity index (χ2n) is 3.73. The van der Waals surface area contributed by atoms with Crippen molar-refractivity contribution >= 4 is 12.3 Å². The normalized spacial score (nSPS) is 12.2. The van der Waals surface area contributed by atoms with Gasteiger partial charge in [-0.15, -0.1) is 0 Å². The Bertz CT molecular complexity index is 364. The van der Waals surface area contributed by atoms with Gasteiger partial charge in [-0.05, 0) is 19.5 Å². The lowest BCUT2D eigenvalue weighted by molar-refractivity contribution is -0.150. The van der Waals surface area contributed by atoms with Crippen LogP contribution in [0.1, 0.15) is 12.5 Å². The van der Waals surface area contributed by atoms with E-state index in [0.29, 0.717) is 12.8 Å². The summed E-state index contributed by atoms with van der Waals surface area (Å²) in [5.74, 6) is -0.499. The van der Waals surface area contributed by atoms with Gasteiger partial charge in [-0.1, -0.05) is 30.3 Å². The number of esters is 1. The van der Waals surface area contributed by atoms with Gasteiger partial charge in [0, 0.05) is 6.54 Å². The fourth-order valence-corrected chi connectivity index (χ4v) is 1.54. The highest BCUT2D eigenvalue weighted by molar-refractivity contribution is 5.92. The predicted molar refractivity (Wildman–Crippen MR) is 64.4 cm³/mol. The Balaban J connectivity index is 2.64. The molecule has 0 aliphatic heterocycles. The molecule has 0 heterocycles. The molecule has 4 heteroatoms. The maximum atomic E-state index is 11.5. The Morgan fingerprint density at radius 3 is 2.59 bits per heavy atom. The van der Waals surface area contributed by atoms with Gasteiger partial charge >= 0.3 is 5.97 Å². The lowest BCUT2D eigenvalue weighted by Crippen LogP contribution is -2.40. The molecule has 0 fully saturated rings. The molecule has 0 radical (unpaired) electrons. The summed E-state index contributed by atoms with van der Waals surface area (Å²) in [6.45, 7) is 2.53. The van der Waals surface area contributed by atoms with E-state index in [2.05, 4.69) is 0 Å². The lowest BCUT2D eigenvalue weighted by atomic mass is 10.2. The van der Waals surface area contributed by atoms with Crippen molar-refractivity contribution in [3.8, 4) is 0 Å². The second-order valence-corrected chi connectivity index (χ2v) is 3.73. The fourth-order valence-electron chi connectivity index (χ4n) is 1.54. The van der Waals surface area contributed by atoms with Crippen LogP contribution >= 0.6 is 0 Å². The van der Waals surface area contributed by atoms with E-state index in [1.165, 1.54) is 0 Å². The Morgan fingerprint density at radius 2 is 2.06 bits per heavy atom. The van der Waals surface area contributed by atoms with Crippen molar-refractivity contribution in [2.75, 3.05) is 13.7 Å². The number of likely N-dealkylation sites (N-methyl/N-ethyl adjacent to an activating group) is 1. The summed E-state index contributed by atoms with van der Waals surface area (Å²) in [6, 6.07) is 8.82. The Morgan fingerprint density at radius 1 is 1.41 bits per heavy atom. The van der Waals surface area contributed by atoms with Gasteiger partial charge in [0.1, 0.15) is 6.29 Å². The van der Waals surface area contributed by atoms with Crippen molar-refractivity contribution in [3.05, 3.63) is 35.9 Å². The summed E-state index contributed by atoms with van der Waals surface area (Å²) >= 11 is 0. The van der Waals surface area contributed by atoms with Crippen molar-refractivity contribution in [3.63, 3.8) is 0 Å². The van der Waals surface area contributed by atoms with E-state index in [-0.39, 0.29) is 6.61 Å². The van der Waals surface area contributed by atoms with Crippen LogP contribution in [0.15, 0.2) is 30.3 Å². The monoisotopic (exact) mass is 235 g/mol. The molecule has 0 spiro atoms. The zero-order valence-electron chi connectivity index (χ0n) is 10.1. The third-order valence-corrected chi connectivity index (χ3v) is 2.41. The summed E-state index contributed by atoms with van der Waals surface area (Å²) in [4.78, 5) is 24.1. The van der Waals surface area contributed by atoms with Gasteiger partial charge in [-0.3, -0.25) is 4.90 Å². The maximum absolute atomic E-state index is 11.5. The topological polar surface area (TPSA) is 46.6 Å². The van der Waals surface area contributed by atoms with Gasteiger partial charge < -0.3 is 9.53 Å². The van der Waals surface area contributed by atoms with Crippen LogP contribution < -0.4 is 0 Å². The summed E-state index contributed by atoms with van der Waals surface area (Å²) in [6.07, 6.45) is 0.612. The first-order valence-corrected chi connectivity index (χ1v) is 5.55. The molecular formula is C13H17NO3. The average molecular weight is 235 g/mol. The number of benzene rings is 1. The molecule has 1 aromatic carbocycles. The van der Waals surface area contributed by atoms with Gasteiger partial charge in [0.05, 0.1) is 6.61 Å². The van der Waals surface area contributed by atoms with E-state index in [1.807, 2.05) is 30.3 Å². The smallest absolute Gasteiger partial charge is 0.330 e. The Labute approximate surface area is 101 Å². The van der Waals surface area contributed by atoms with E-state index in [1.54, 1.807) is 18.9 Å². The second kappa shape index (κ2) is 6.81. The van der Waals surface area contributed by atoms with E-state index in [4.69, 9.17) is 4.74 Å². The minimum Gasteiger partial charge on any atom is -0.464 e. The molecule has 1 rings (SSSR count). The van der Waals surface area contributed by atoms with Crippen LogP contribution in [-0.2, 0) is 20.9 Å². The SMILES string of the molecule is CCOC(=O)C(C=O)N(C)Cc1ccccc1. The fraction of sp³-hybridized carbons (Fsp3) is 0.385. The van der Waals surface area contributed by atoms with Gasteiger partial charge in [-0.25, -0.2) is 4.79 Å². The number of nitrogens with zero attached hydrogens (tertiary/aromatic N) is 1. The summed E-state index contributed by atoms with van der Waals surface area (Å²) in [7, 11) is 1.73. The molecule has 1 aromatic rings. The first-order chi connectivity index (χ1) is 8.19. The molecule has 0 saturated carbocycles. The molecule has 1 unspecified atom stereocenters. The highest BCUT2D eigenvalue weighted by Gasteiger charge is 2.23. The predicted octanol–water partition coefficient (Wildman–Crippen LogP) is 1.25. The Kier molecular flexibility index (Phi) is 5.36. The van der Waals surface area contributed by atoms with Crippen LogP contribution in [0, 0.1) is 0 Å². The van der Waals surface area contributed by atoms with Crippen molar-refractivity contribution in [2.45, 2.75) is 19.5 Å². The largest absolute Gasteiger partial charge is 0.464 e. The van der Waals surface area contributed by atoms with Crippen molar-refractivity contribution in [2.24, 2.45) is 0 Å². The molecule has 92 valence electrons. The third kappa shape index (κ3) is 4.00. The molecule has 0 saturated heterocycles. The summed E-state index contributed by atoms with van der Waals surface area (Å²) in [5.41, 5.74) is 1.05. The molecule has 1 atom stereocenters. The highest BCUT2D eigenvalue weighted by atomic mass is 16.5. The van der Waals surface area contributed by atoms with Crippen molar-refractivity contribution in [1.82, 2.24) is 4.90 Å². The van der Waals surface area contributed by atoms with Crippen LogP contribution in [0.5, 0.6) is 0 Å². The van der Waals surface area contributed by atoms with E-state index in [9.17, 15) is 9.59 Å². The van der Waals surface area contributed by atoms with Crippen LogP contribution in [0.2, 0.25) is 0 Å².